The van der Waals surface area contributed by atoms with E-state index in [1.807, 2.05) is 18.2 Å². The number of fused-ring (bicyclic) bond motifs is 1. The maximum absolute atomic E-state index is 12.1. The van der Waals surface area contributed by atoms with E-state index in [1.54, 1.807) is 4.90 Å². The van der Waals surface area contributed by atoms with E-state index in [0.29, 0.717) is 24.6 Å². The fraction of sp³-hybridized carbons (Fsp3) is 0.308. The van der Waals surface area contributed by atoms with Gasteiger partial charge in [-0.05, 0) is 34.5 Å². The summed E-state index contributed by atoms with van der Waals surface area (Å²) in [5, 5.41) is 12.3. The van der Waals surface area contributed by atoms with Gasteiger partial charge in [0.05, 0.1) is 16.1 Å². The first kappa shape index (κ1) is 13.3. The molecule has 3 rings (SSSR count). The molecule has 1 N–H and O–H groups in total. The Labute approximate surface area is 128 Å². The van der Waals surface area contributed by atoms with Gasteiger partial charge < -0.3 is 10.2 Å². The Kier molecular flexibility index (Phi) is 3.59. The summed E-state index contributed by atoms with van der Waals surface area (Å²) in [5.41, 5.74) is 0.859. The second-order valence-electron chi connectivity index (χ2n) is 4.63. The van der Waals surface area contributed by atoms with E-state index in [4.69, 9.17) is 5.26 Å². The van der Waals surface area contributed by atoms with Gasteiger partial charge in [-0.3, -0.25) is 4.79 Å². The van der Waals surface area contributed by atoms with E-state index in [2.05, 4.69) is 32.4 Å². The number of aromatic nitrogens is 1. The summed E-state index contributed by atoms with van der Waals surface area (Å²) in [6.07, 6.45) is 2.79. The fourth-order valence-electron chi connectivity index (χ4n) is 2.24. The van der Waals surface area contributed by atoms with Gasteiger partial charge in [0.2, 0.25) is 5.91 Å². The lowest BCUT2D eigenvalue weighted by atomic mass is 10.1. The highest BCUT2D eigenvalue weighted by molar-refractivity contribution is 9.10. The highest BCUT2D eigenvalue weighted by Gasteiger charge is 2.28. The zero-order valence-electron chi connectivity index (χ0n) is 10.5. The van der Waals surface area contributed by atoms with Gasteiger partial charge in [-0.15, -0.1) is 0 Å². The van der Waals surface area contributed by atoms with Crippen LogP contribution in [0.4, 0.5) is 5.13 Å². The number of hydrogen-bond donors (Lipinski definition) is 1. The first-order chi connectivity index (χ1) is 9.67. The molecule has 1 saturated heterocycles. The normalized spacial score (nSPS) is 18.2. The van der Waals surface area contributed by atoms with E-state index in [-0.39, 0.29) is 11.8 Å². The molecule has 0 saturated carbocycles. The maximum atomic E-state index is 12.1. The number of carbonyl (C=O) groups is 1. The van der Waals surface area contributed by atoms with Crippen LogP contribution in [0.3, 0.4) is 0 Å². The molecule has 7 heteroatoms. The summed E-state index contributed by atoms with van der Waals surface area (Å²) in [4.78, 5) is 18.2. The molecule has 1 aliphatic heterocycles. The third-order valence-corrected chi connectivity index (χ3v) is 4.88. The third-order valence-electron chi connectivity index (χ3n) is 3.30. The zero-order valence-corrected chi connectivity index (χ0v) is 12.9. The topological polar surface area (TPSA) is 69.0 Å². The van der Waals surface area contributed by atoms with Gasteiger partial charge in [0.25, 0.3) is 0 Å². The van der Waals surface area contributed by atoms with Crippen molar-refractivity contribution in [3.8, 4) is 6.19 Å². The number of likely N-dealkylation sites (tertiary alicyclic amines) is 1. The molecule has 1 aliphatic rings. The van der Waals surface area contributed by atoms with Crippen LogP contribution < -0.4 is 5.32 Å². The number of hydrogen-bond acceptors (Lipinski definition) is 5. The number of anilines is 1. The second kappa shape index (κ2) is 5.38. The average molecular weight is 351 g/mol. The predicted octanol–water partition coefficient (Wildman–Crippen LogP) is 2.80. The van der Waals surface area contributed by atoms with Crippen LogP contribution in [0.2, 0.25) is 0 Å². The van der Waals surface area contributed by atoms with Crippen molar-refractivity contribution in [2.75, 3.05) is 18.4 Å². The number of nitrogens with one attached hydrogen (secondary N) is 1. The summed E-state index contributed by atoms with van der Waals surface area (Å²) in [6.45, 7) is 1.15. The minimum Gasteiger partial charge on any atom is -0.310 e. The minimum absolute atomic E-state index is 0.0575. The summed E-state index contributed by atoms with van der Waals surface area (Å²) < 4.78 is 1.95. The first-order valence-corrected chi connectivity index (χ1v) is 7.79. The number of nitrogens with zero attached hydrogens (tertiary/aromatic N) is 3. The van der Waals surface area contributed by atoms with Crippen molar-refractivity contribution in [2.24, 2.45) is 5.92 Å². The van der Waals surface area contributed by atoms with Gasteiger partial charge in [-0.2, -0.15) is 5.26 Å². The molecule has 2 aromatic rings. The van der Waals surface area contributed by atoms with Crippen LogP contribution in [0.25, 0.3) is 10.2 Å². The van der Waals surface area contributed by atoms with Gasteiger partial charge in [-0.25, -0.2) is 4.98 Å². The molecule has 1 fully saturated rings. The number of amides is 1. The van der Waals surface area contributed by atoms with Crippen LogP contribution in [0.5, 0.6) is 0 Å². The van der Waals surface area contributed by atoms with Gasteiger partial charge in [0, 0.05) is 17.6 Å². The molecule has 0 radical (unpaired) electrons. The molecule has 20 heavy (non-hydrogen) atoms. The number of para-hydroxylation sites is 1. The zero-order chi connectivity index (χ0) is 14.1. The number of halogens is 1. The molecule has 2 heterocycles. The van der Waals surface area contributed by atoms with Crippen molar-refractivity contribution in [2.45, 2.75) is 6.42 Å². The van der Waals surface area contributed by atoms with Crippen molar-refractivity contribution >= 4 is 48.5 Å². The van der Waals surface area contributed by atoms with E-state index in [1.165, 1.54) is 11.3 Å². The quantitative estimate of drug-likeness (QED) is 0.845. The van der Waals surface area contributed by atoms with E-state index in [9.17, 15) is 4.79 Å². The van der Waals surface area contributed by atoms with Crippen molar-refractivity contribution in [3.63, 3.8) is 0 Å². The lowest BCUT2D eigenvalue weighted by Crippen LogP contribution is -2.25. The number of thiazole rings is 1. The molecule has 1 amide bonds. The van der Waals surface area contributed by atoms with Crippen LogP contribution in [-0.4, -0.2) is 28.9 Å². The van der Waals surface area contributed by atoms with E-state index >= 15 is 0 Å². The van der Waals surface area contributed by atoms with Gasteiger partial charge in [0.15, 0.2) is 11.3 Å². The molecule has 5 nitrogen and oxygen atoms in total. The van der Waals surface area contributed by atoms with Crippen molar-refractivity contribution in [3.05, 3.63) is 22.7 Å². The second-order valence-corrected chi connectivity index (χ2v) is 6.51. The number of carbonyl (C=O) groups excluding carboxylic acids is 1. The summed E-state index contributed by atoms with van der Waals surface area (Å²) in [7, 11) is 0. The van der Waals surface area contributed by atoms with Crippen LogP contribution in [-0.2, 0) is 4.79 Å². The summed E-state index contributed by atoms with van der Waals surface area (Å²) in [6, 6.07) is 5.84. The van der Waals surface area contributed by atoms with Gasteiger partial charge in [0.1, 0.15) is 0 Å². The van der Waals surface area contributed by atoms with Crippen LogP contribution >= 0.6 is 27.3 Å². The SMILES string of the molecule is N#CN1CC[C@H](C(=O)Nc2nc3c(Br)cccc3s2)C1. The van der Waals surface area contributed by atoms with Crippen LogP contribution in [0.1, 0.15) is 6.42 Å². The summed E-state index contributed by atoms with van der Waals surface area (Å²) in [5.74, 6) is -0.192. The smallest absolute Gasteiger partial charge is 0.231 e. The van der Waals surface area contributed by atoms with Crippen molar-refractivity contribution < 1.29 is 4.79 Å². The molecule has 0 unspecified atom stereocenters. The van der Waals surface area contributed by atoms with Crippen LogP contribution in [0.15, 0.2) is 22.7 Å². The Balaban J connectivity index is 1.75. The number of nitriles is 1. The molecular formula is C13H11BrN4OS. The maximum Gasteiger partial charge on any atom is 0.231 e. The third kappa shape index (κ3) is 2.49. The number of rotatable bonds is 2. The molecule has 102 valence electrons. The van der Waals surface area contributed by atoms with E-state index in [0.717, 1.165) is 14.7 Å². The average Bonchev–Trinajstić information content (AvgIpc) is 3.05. The first-order valence-electron chi connectivity index (χ1n) is 6.18. The molecule has 0 spiro atoms. The largest absolute Gasteiger partial charge is 0.310 e. The molecule has 1 atom stereocenters. The number of benzene rings is 1. The minimum atomic E-state index is -0.134. The Morgan fingerprint density at radius 2 is 2.45 bits per heavy atom. The summed E-state index contributed by atoms with van der Waals surface area (Å²) >= 11 is 4.90. The lowest BCUT2D eigenvalue weighted by Gasteiger charge is -2.08. The lowest BCUT2D eigenvalue weighted by molar-refractivity contribution is -0.119. The highest BCUT2D eigenvalue weighted by Crippen LogP contribution is 2.31. The molecule has 1 aromatic carbocycles. The monoisotopic (exact) mass is 350 g/mol. The fourth-order valence-corrected chi connectivity index (χ4v) is 3.72. The van der Waals surface area contributed by atoms with Gasteiger partial charge in [-0.1, -0.05) is 17.4 Å². The van der Waals surface area contributed by atoms with Crippen LogP contribution in [0, 0.1) is 17.4 Å². The Bertz CT molecular complexity index is 708. The van der Waals surface area contributed by atoms with E-state index < -0.39 is 0 Å². The molecule has 0 bridgehead atoms. The Hall–Kier alpha value is -1.65. The van der Waals surface area contributed by atoms with Crippen molar-refractivity contribution in [1.82, 2.24) is 9.88 Å². The Morgan fingerprint density at radius 1 is 1.60 bits per heavy atom. The molecular weight excluding hydrogens is 340 g/mol. The Morgan fingerprint density at radius 3 is 3.15 bits per heavy atom. The standard InChI is InChI=1S/C13H11BrN4OS/c14-9-2-1-3-10-11(9)16-13(20-10)17-12(19)8-4-5-18(6-8)7-15/h1-3,8H,4-6H2,(H,16,17,19)/t8-/m0/s1. The molecule has 0 aliphatic carbocycles. The predicted molar refractivity (Wildman–Crippen MR) is 81.2 cm³/mol. The van der Waals surface area contributed by atoms with Gasteiger partial charge >= 0.3 is 0 Å². The molecule has 1 aromatic heterocycles. The highest BCUT2D eigenvalue weighted by atomic mass is 79.9. The van der Waals surface area contributed by atoms with Crippen molar-refractivity contribution in [1.29, 1.82) is 5.26 Å².